The third kappa shape index (κ3) is 3.00. The van der Waals surface area contributed by atoms with Gasteiger partial charge in [-0.2, -0.15) is 0 Å². The average molecular weight is 263 g/mol. The van der Waals surface area contributed by atoms with Gasteiger partial charge in [-0.25, -0.2) is 4.98 Å². The summed E-state index contributed by atoms with van der Waals surface area (Å²) in [6, 6.07) is 9.67. The van der Waals surface area contributed by atoms with Gasteiger partial charge in [0.2, 0.25) is 0 Å². The molecular formula is C14H15ClN2O. The third-order valence-corrected chi connectivity index (χ3v) is 3.03. The molecule has 1 aromatic carbocycles. The first-order chi connectivity index (χ1) is 8.56. The zero-order valence-corrected chi connectivity index (χ0v) is 10.9. The summed E-state index contributed by atoms with van der Waals surface area (Å²) in [5.74, 6) is 0.319. The van der Waals surface area contributed by atoms with Gasteiger partial charge in [0, 0.05) is 18.2 Å². The Hall–Kier alpha value is -1.58. The van der Waals surface area contributed by atoms with Crippen LogP contribution in [0.5, 0.6) is 0 Å². The number of benzene rings is 1. The van der Waals surface area contributed by atoms with Gasteiger partial charge < -0.3 is 10.8 Å². The molecule has 2 aromatic rings. The summed E-state index contributed by atoms with van der Waals surface area (Å²) < 4.78 is 0. The highest BCUT2D eigenvalue weighted by molar-refractivity contribution is 6.30. The Morgan fingerprint density at radius 1 is 1.33 bits per heavy atom. The van der Waals surface area contributed by atoms with Crippen LogP contribution in [0.4, 0.5) is 5.82 Å². The summed E-state index contributed by atoms with van der Waals surface area (Å²) in [4.78, 5) is 3.94. The number of rotatable bonds is 3. The maximum absolute atomic E-state index is 10.2. The van der Waals surface area contributed by atoms with Gasteiger partial charge in [0.25, 0.3) is 0 Å². The van der Waals surface area contributed by atoms with Crippen molar-refractivity contribution in [1.29, 1.82) is 0 Å². The second-order valence-corrected chi connectivity index (χ2v) is 4.77. The maximum atomic E-state index is 10.2. The van der Waals surface area contributed by atoms with Gasteiger partial charge in [-0.3, -0.25) is 0 Å². The fourth-order valence-electron chi connectivity index (χ4n) is 1.79. The van der Waals surface area contributed by atoms with Crippen LogP contribution in [0.1, 0.15) is 22.8 Å². The Morgan fingerprint density at radius 2 is 2.00 bits per heavy atom. The van der Waals surface area contributed by atoms with Crippen molar-refractivity contribution >= 4 is 17.4 Å². The number of aliphatic hydroxyl groups is 1. The molecule has 3 nitrogen and oxygen atoms in total. The van der Waals surface area contributed by atoms with Crippen LogP contribution in [-0.4, -0.2) is 10.1 Å². The molecule has 4 heteroatoms. The summed E-state index contributed by atoms with van der Waals surface area (Å²) in [6.07, 6.45) is 1.27. The van der Waals surface area contributed by atoms with Crippen LogP contribution in [0.25, 0.3) is 0 Å². The molecule has 94 valence electrons. The Bertz CT molecular complexity index is 540. The maximum Gasteiger partial charge on any atom is 0.129 e. The van der Waals surface area contributed by atoms with Gasteiger partial charge in [-0.1, -0.05) is 41.4 Å². The van der Waals surface area contributed by atoms with Crippen LogP contribution in [0.3, 0.4) is 0 Å². The van der Waals surface area contributed by atoms with Gasteiger partial charge in [0.1, 0.15) is 5.82 Å². The van der Waals surface area contributed by atoms with Crippen LogP contribution in [0, 0.1) is 6.92 Å². The Morgan fingerprint density at radius 3 is 2.67 bits per heavy atom. The van der Waals surface area contributed by atoms with E-state index in [-0.39, 0.29) is 0 Å². The molecule has 0 bridgehead atoms. The molecule has 1 aromatic heterocycles. The molecule has 3 N–H and O–H groups in total. The lowest BCUT2D eigenvalue weighted by Gasteiger charge is -2.13. The van der Waals surface area contributed by atoms with Crippen molar-refractivity contribution in [2.75, 3.05) is 5.73 Å². The van der Waals surface area contributed by atoms with Gasteiger partial charge in [-0.15, -0.1) is 0 Å². The minimum absolute atomic E-state index is 0.319. The molecule has 18 heavy (non-hydrogen) atoms. The molecule has 0 spiro atoms. The monoisotopic (exact) mass is 262 g/mol. The molecule has 0 amide bonds. The van der Waals surface area contributed by atoms with E-state index >= 15 is 0 Å². The van der Waals surface area contributed by atoms with E-state index in [0.717, 1.165) is 5.56 Å². The molecular weight excluding hydrogens is 248 g/mol. The molecule has 1 heterocycles. The highest BCUT2D eigenvalue weighted by atomic mass is 35.5. The highest BCUT2D eigenvalue weighted by Crippen LogP contribution is 2.25. The fraction of sp³-hybridized carbons (Fsp3) is 0.214. The number of hydrogen-bond acceptors (Lipinski definition) is 3. The van der Waals surface area contributed by atoms with Gasteiger partial charge in [0.15, 0.2) is 0 Å². The Balaban J connectivity index is 2.18. The van der Waals surface area contributed by atoms with Crippen LogP contribution in [-0.2, 0) is 6.42 Å². The lowest BCUT2D eigenvalue weighted by Crippen LogP contribution is -2.06. The number of nitrogens with two attached hydrogens (primary N) is 1. The molecule has 1 atom stereocenters. The number of pyridine rings is 1. The standard InChI is InChI=1S/C14H15ClN2O/c1-9-2-4-10(5-3-9)6-13(18)12-7-11(15)8-17-14(12)16/h2-5,7-8,13,18H,6H2,1H3,(H2,16,17). The Labute approximate surface area is 111 Å². The number of aromatic nitrogens is 1. The molecule has 2 rings (SSSR count). The summed E-state index contributed by atoms with van der Waals surface area (Å²) in [6.45, 7) is 2.03. The number of hydrogen-bond donors (Lipinski definition) is 2. The molecule has 0 saturated carbocycles. The first kappa shape index (κ1) is 12.9. The van der Waals surface area contributed by atoms with Crippen LogP contribution < -0.4 is 5.73 Å². The third-order valence-electron chi connectivity index (χ3n) is 2.82. The number of nitrogens with zero attached hydrogens (tertiary/aromatic N) is 1. The molecule has 0 aliphatic carbocycles. The SMILES string of the molecule is Cc1ccc(CC(O)c2cc(Cl)cnc2N)cc1. The molecule has 0 fully saturated rings. The van der Waals surface area contributed by atoms with E-state index in [4.69, 9.17) is 17.3 Å². The smallest absolute Gasteiger partial charge is 0.129 e. The lowest BCUT2D eigenvalue weighted by molar-refractivity contribution is 0.179. The van der Waals surface area contributed by atoms with E-state index in [2.05, 4.69) is 4.98 Å². The second kappa shape index (κ2) is 5.38. The van der Waals surface area contributed by atoms with Crippen molar-refractivity contribution in [3.8, 4) is 0 Å². The van der Waals surface area contributed by atoms with Crippen molar-refractivity contribution in [1.82, 2.24) is 4.98 Å². The van der Waals surface area contributed by atoms with Gasteiger partial charge in [0.05, 0.1) is 11.1 Å². The van der Waals surface area contributed by atoms with E-state index in [9.17, 15) is 5.11 Å². The number of anilines is 1. The van der Waals surface area contributed by atoms with E-state index in [1.165, 1.54) is 11.8 Å². The topological polar surface area (TPSA) is 59.1 Å². The van der Waals surface area contributed by atoms with Gasteiger partial charge in [-0.05, 0) is 18.6 Å². The number of aryl methyl sites for hydroxylation is 1. The van der Waals surface area contributed by atoms with Crippen molar-refractivity contribution in [2.24, 2.45) is 0 Å². The Kier molecular flexibility index (Phi) is 3.84. The summed E-state index contributed by atoms with van der Waals surface area (Å²) >= 11 is 5.86. The van der Waals surface area contributed by atoms with Crippen LogP contribution >= 0.6 is 11.6 Å². The molecule has 0 saturated heterocycles. The quantitative estimate of drug-likeness (QED) is 0.894. The normalized spacial score (nSPS) is 12.4. The van der Waals surface area contributed by atoms with E-state index in [0.29, 0.717) is 22.8 Å². The average Bonchev–Trinajstić information content (AvgIpc) is 2.35. The highest BCUT2D eigenvalue weighted by Gasteiger charge is 2.13. The molecule has 1 unspecified atom stereocenters. The van der Waals surface area contributed by atoms with E-state index in [1.54, 1.807) is 6.07 Å². The van der Waals surface area contributed by atoms with Crippen molar-refractivity contribution in [2.45, 2.75) is 19.4 Å². The molecule has 0 radical (unpaired) electrons. The largest absolute Gasteiger partial charge is 0.388 e. The van der Waals surface area contributed by atoms with Crippen molar-refractivity contribution in [3.63, 3.8) is 0 Å². The van der Waals surface area contributed by atoms with E-state index in [1.807, 2.05) is 31.2 Å². The van der Waals surface area contributed by atoms with Crippen molar-refractivity contribution in [3.05, 3.63) is 58.2 Å². The molecule has 0 aliphatic heterocycles. The minimum atomic E-state index is -0.695. The molecule has 0 aliphatic rings. The van der Waals surface area contributed by atoms with Crippen LogP contribution in [0.2, 0.25) is 5.02 Å². The first-order valence-electron chi connectivity index (χ1n) is 5.71. The number of nitrogen functional groups attached to an aromatic ring is 1. The first-order valence-corrected chi connectivity index (χ1v) is 6.08. The number of aliphatic hydroxyl groups excluding tert-OH is 1. The predicted octanol–water partition coefficient (Wildman–Crippen LogP) is 2.90. The summed E-state index contributed by atoms with van der Waals surface area (Å²) in [7, 11) is 0. The number of halogens is 1. The zero-order chi connectivity index (χ0) is 13.1. The minimum Gasteiger partial charge on any atom is -0.388 e. The zero-order valence-electron chi connectivity index (χ0n) is 10.1. The second-order valence-electron chi connectivity index (χ2n) is 4.33. The fourth-order valence-corrected chi connectivity index (χ4v) is 1.96. The predicted molar refractivity (Wildman–Crippen MR) is 73.5 cm³/mol. The van der Waals surface area contributed by atoms with E-state index < -0.39 is 6.10 Å². The summed E-state index contributed by atoms with van der Waals surface area (Å²) in [5.41, 5.74) is 8.55. The lowest BCUT2D eigenvalue weighted by atomic mass is 10.0. The van der Waals surface area contributed by atoms with Crippen molar-refractivity contribution < 1.29 is 5.11 Å². The summed E-state index contributed by atoms with van der Waals surface area (Å²) in [5, 5.41) is 10.6. The van der Waals surface area contributed by atoms with Gasteiger partial charge >= 0.3 is 0 Å². The van der Waals surface area contributed by atoms with Crippen LogP contribution in [0.15, 0.2) is 36.5 Å².